The van der Waals surface area contributed by atoms with Crippen molar-refractivity contribution in [2.45, 2.75) is 36.4 Å². The molecule has 0 bridgehead atoms. The maximum absolute atomic E-state index is 9.36. The minimum absolute atomic E-state index is 0.0872. The summed E-state index contributed by atoms with van der Waals surface area (Å²) < 4.78 is 11.2. The molecule has 1 aliphatic heterocycles. The van der Waals surface area contributed by atoms with Crippen LogP contribution in [-0.4, -0.2) is 55.2 Å². The Morgan fingerprint density at radius 2 is 2.39 bits per heavy atom. The van der Waals surface area contributed by atoms with Crippen LogP contribution in [0.15, 0.2) is 5.11 Å². The Bertz CT molecular complexity index is 319. The molecule has 1 heterocycles. The molecular weight excluding hydrogens is 272 g/mol. The summed E-state index contributed by atoms with van der Waals surface area (Å²) >= 11 is 1.45. The van der Waals surface area contributed by atoms with Gasteiger partial charge in [-0.1, -0.05) is 12.0 Å². The fourth-order valence-corrected chi connectivity index (χ4v) is 3.08. The topological polar surface area (TPSA) is 87.5 Å². The second-order valence-corrected chi connectivity index (χ2v) is 5.67. The smallest absolute Gasteiger partial charge is 0.114 e. The van der Waals surface area contributed by atoms with E-state index in [1.165, 1.54) is 11.8 Å². The predicted octanol–water partition coefficient (Wildman–Crippen LogP) is 1.09. The zero-order valence-corrected chi connectivity index (χ0v) is 12.3. The van der Waals surface area contributed by atoms with Crippen LogP contribution >= 0.6 is 21.0 Å². The van der Waals surface area contributed by atoms with Crippen molar-refractivity contribution in [3.63, 3.8) is 0 Å². The lowest BCUT2D eigenvalue weighted by Gasteiger charge is -2.43. The number of rotatable bonds is 5. The van der Waals surface area contributed by atoms with Crippen molar-refractivity contribution in [2.24, 2.45) is 11.0 Å². The van der Waals surface area contributed by atoms with Crippen molar-refractivity contribution in [2.75, 3.05) is 12.9 Å². The van der Waals surface area contributed by atoms with Crippen LogP contribution in [0.25, 0.3) is 10.4 Å². The molecule has 0 saturated carbocycles. The predicted molar refractivity (Wildman–Crippen MR) is 75.5 cm³/mol. The number of thioether (sulfide) groups is 1. The molecule has 6 nitrogen and oxygen atoms in total. The van der Waals surface area contributed by atoms with Gasteiger partial charge in [-0.05, 0) is 17.7 Å². The summed E-state index contributed by atoms with van der Waals surface area (Å²) in [6, 6.07) is -0.346. The molecule has 0 amide bonds. The number of azide groups is 1. The molecule has 9 heteroatoms. The van der Waals surface area contributed by atoms with Crippen LogP contribution in [0.1, 0.15) is 6.92 Å². The molecule has 0 aromatic heterocycles. The minimum atomic E-state index is -0.548. The number of nitrogens with zero attached hydrogens (tertiary/aromatic N) is 3. The largest absolute Gasteiger partial charge is 0.394 e. The SMILES string of the molecule is [B]C(P)O[C@@H]1C(CO)OC(SC)[C@@H](N=[N+]=[N-])[C@H]1C. The first kappa shape index (κ1) is 16.1. The molecule has 0 aliphatic carbocycles. The number of aliphatic hydroxyl groups is 1. The summed E-state index contributed by atoms with van der Waals surface area (Å²) in [6.07, 6.45) is 1.00. The molecule has 1 saturated heterocycles. The highest BCUT2D eigenvalue weighted by Gasteiger charge is 2.43. The Hall–Kier alpha value is 0.0349. The van der Waals surface area contributed by atoms with Crippen molar-refractivity contribution < 1.29 is 14.6 Å². The zero-order chi connectivity index (χ0) is 13.7. The number of hydrogen-bond donors (Lipinski definition) is 1. The van der Waals surface area contributed by atoms with E-state index >= 15 is 0 Å². The molecule has 1 aliphatic rings. The molecule has 1 rings (SSSR count). The molecule has 1 N–H and O–H groups in total. The normalized spacial score (nSPS) is 37.9. The third-order valence-electron chi connectivity index (χ3n) is 2.92. The van der Waals surface area contributed by atoms with Gasteiger partial charge in [0.1, 0.15) is 19.4 Å². The highest BCUT2D eigenvalue weighted by Crippen LogP contribution is 2.35. The lowest BCUT2D eigenvalue weighted by molar-refractivity contribution is -0.157. The number of hydrogen-bond acceptors (Lipinski definition) is 5. The fraction of sp³-hybridized carbons (Fsp3) is 1.00. The first-order chi connectivity index (χ1) is 8.54. The van der Waals surface area contributed by atoms with Crippen LogP contribution < -0.4 is 0 Å². The van der Waals surface area contributed by atoms with E-state index in [0.29, 0.717) is 0 Å². The van der Waals surface area contributed by atoms with Crippen molar-refractivity contribution in [3.8, 4) is 0 Å². The van der Waals surface area contributed by atoms with Gasteiger partial charge in [0.05, 0.1) is 18.8 Å². The fourth-order valence-electron chi connectivity index (χ4n) is 2.07. The zero-order valence-electron chi connectivity index (χ0n) is 10.3. The Balaban J connectivity index is 2.91. The van der Waals surface area contributed by atoms with Crippen molar-refractivity contribution in [1.29, 1.82) is 0 Å². The van der Waals surface area contributed by atoms with Gasteiger partial charge in [-0.3, -0.25) is 0 Å². The summed E-state index contributed by atoms with van der Waals surface area (Å²) in [5.41, 5.74) is 8.33. The lowest BCUT2D eigenvalue weighted by atomic mass is 9.89. The van der Waals surface area contributed by atoms with Crippen LogP contribution in [-0.2, 0) is 9.47 Å². The highest BCUT2D eigenvalue weighted by atomic mass is 32.2. The van der Waals surface area contributed by atoms with Crippen molar-refractivity contribution in [1.82, 2.24) is 0 Å². The van der Waals surface area contributed by atoms with E-state index in [0.717, 1.165) is 0 Å². The average Bonchev–Trinajstić information content (AvgIpc) is 2.34. The number of aliphatic hydroxyl groups excluding tert-OH is 1. The Labute approximate surface area is 114 Å². The first-order valence-electron chi connectivity index (χ1n) is 5.55. The van der Waals surface area contributed by atoms with Gasteiger partial charge in [0.15, 0.2) is 0 Å². The van der Waals surface area contributed by atoms with E-state index in [4.69, 9.17) is 22.9 Å². The highest BCUT2D eigenvalue weighted by molar-refractivity contribution is 7.99. The third kappa shape index (κ3) is 3.76. The van der Waals surface area contributed by atoms with Crippen LogP contribution in [0.4, 0.5) is 0 Å². The van der Waals surface area contributed by atoms with Gasteiger partial charge in [0.2, 0.25) is 0 Å². The van der Waals surface area contributed by atoms with E-state index in [1.807, 2.05) is 13.2 Å². The van der Waals surface area contributed by atoms with Gasteiger partial charge >= 0.3 is 0 Å². The van der Waals surface area contributed by atoms with Crippen LogP contribution in [0.5, 0.6) is 0 Å². The van der Waals surface area contributed by atoms with Crippen molar-refractivity contribution >= 4 is 28.8 Å². The average molecular weight is 289 g/mol. The van der Waals surface area contributed by atoms with Crippen molar-refractivity contribution in [3.05, 3.63) is 10.4 Å². The Morgan fingerprint density at radius 3 is 2.83 bits per heavy atom. The van der Waals surface area contributed by atoms with Gasteiger partial charge in [-0.25, -0.2) is 0 Å². The minimum Gasteiger partial charge on any atom is -0.394 e. The first-order valence-corrected chi connectivity index (χ1v) is 7.50. The second-order valence-electron chi connectivity index (χ2n) is 4.08. The summed E-state index contributed by atoms with van der Waals surface area (Å²) in [5.74, 6) is -0.636. The molecule has 7 atom stereocenters. The Morgan fingerprint density at radius 1 is 1.72 bits per heavy atom. The molecule has 1 fully saturated rings. The molecule has 18 heavy (non-hydrogen) atoms. The maximum atomic E-state index is 9.36. The van der Waals surface area contributed by atoms with E-state index in [9.17, 15) is 5.11 Å². The molecule has 0 aromatic carbocycles. The maximum Gasteiger partial charge on any atom is 0.114 e. The third-order valence-corrected chi connectivity index (χ3v) is 3.93. The number of ether oxygens (including phenoxy) is 2. The Kier molecular flexibility index (Phi) is 6.78. The standard InChI is InChI=1S/C9H17BN3O3PS/c1-4-6(12-13-11)8(18-2)15-5(3-14)7(4)16-9(10)17/h4-9,14H,3,17H2,1-2H3/t4-,5?,6+,7+,8?,9?/m1/s1. The summed E-state index contributed by atoms with van der Waals surface area (Å²) in [6.45, 7) is 1.75. The van der Waals surface area contributed by atoms with Gasteiger partial charge in [0, 0.05) is 10.7 Å². The van der Waals surface area contributed by atoms with E-state index < -0.39 is 18.0 Å². The quantitative estimate of drug-likeness (QED) is 0.270. The molecule has 100 valence electrons. The summed E-state index contributed by atoms with van der Waals surface area (Å²) in [7, 11) is 7.91. The molecule has 2 radical (unpaired) electrons. The van der Waals surface area contributed by atoms with E-state index in [1.54, 1.807) is 0 Å². The van der Waals surface area contributed by atoms with Gasteiger partial charge in [-0.15, -0.1) is 21.0 Å². The molecule has 0 aromatic rings. The monoisotopic (exact) mass is 289 g/mol. The van der Waals surface area contributed by atoms with Crippen LogP contribution in [0.3, 0.4) is 0 Å². The molecular formula is C9H17BN3O3PS. The molecule has 0 spiro atoms. The van der Waals surface area contributed by atoms with Crippen LogP contribution in [0, 0.1) is 5.92 Å². The van der Waals surface area contributed by atoms with E-state index in [2.05, 4.69) is 19.3 Å². The second kappa shape index (κ2) is 7.58. The van der Waals surface area contributed by atoms with Gasteiger partial charge < -0.3 is 14.6 Å². The van der Waals surface area contributed by atoms with Gasteiger partial charge in [0.25, 0.3) is 0 Å². The summed E-state index contributed by atoms with van der Waals surface area (Å²) in [4.78, 5) is 2.85. The summed E-state index contributed by atoms with van der Waals surface area (Å²) in [5, 5.41) is 13.1. The van der Waals surface area contributed by atoms with Gasteiger partial charge in [-0.2, -0.15) is 0 Å². The van der Waals surface area contributed by atoms with E-state index in [-0.39, 0.29) is 24.0 Å². The molecule has 4 unspecified atom stereocenters. The lowest BCUT2D eigenvalue weighted by Crippen LogP contribution is -2.54. The van der Waals surface area contributed by atoms with Crippen LogP contribution in [0.2, 0.25) is 0 Å².